The van der Waals surface area contributed by atoms with Crippen molar-refractivity contribution in [3.05, 3.63) is 0 Å². The van der Waals surface area contributed by atoms with Crippen molar-refractivity contribution >= 4 is 31.6 Å². The van der Waals surface area contributed by atoms with Crippen LogP contribution >= 0.6 is 22.6 Å². The fraction of sp³-hybridized carbons (Fsp3) is 1.00. The third-order valence-electron chi connectivity index (χ3n) is 0.396. The predicted octanol–water partition coefficient (Wildman–Crippen LogP) is 1.38. The van der Waals surface area contributed by atoms with Gasteiger partial charge in [-0.3, -0.25) is 0 Å². The zero-order valence-corrected chi connectivity index (χ0v) is 7.38. The highest BCUT2D eigenvalue weighted by molar-refractivity contribution is 14.1. The summed E-state index contributed by atoms with van der Waals surface area (Å²) >= 11 is 2.22. The highest BCUT2D eigenvalue weighted by Gasteiger charge is 1.88. The fourth-order valence-electron chi connectivity index (χ4n) is 0.126. The number of alkyl halides is 1. The zero-order valence-electron chi connectivity index (χ0n) is 4.07. The van der Waals surface area contributed by atoms with Crippen molar-refractivity contribution < 1.29 is 4.43 Å². The Morgan fingerprint density at radius 1 is 1.67 bits per heavy atom. The van der Waals surface area contributed by atoms with Crippen LogP contribution in [-0.4, -0.2) is 13.7 Å². The monoisotopic (exact) mass is 216 g/mol. The molecule has 0 aliphatic rings. The maximum atomic E-state index is 5.17. The largest absolute Gasteiger partial charge is 0.412 e. The Hall–Kier alpha value is 0.907. The summed E-state index contributed by atoms with van der Waals surface area (Å²) in [5, 5.41) is 0. The average molecular weight is 216 g/mol. The molecule has 0 aromatic heterocycles. The van der Waals surface area contributed by atoms with E-state index in [-0.39, 0.29) is 0 Å². The predicted molar refractivity (Wildman–Crippen MR) is 38.8 cm³/mol. The molecule has 0 heterocycles. The van der Waals surface area contributed by atoms with Gasteiger partial charge in [0.2, 0.25) is 0 Å². The molecule has 0 aliphatic carbocycles. The van der Waals surface area contributed by atoms with E-state index in [1.165, 1.54) is 0 Å². The molecule has 0 saturated heterocycles. The van der Waals surface area contributed by atoms with Crippen LogP contribution < -0.4 is 0 Å². The van der Waals surface area contributed by atoms with Crippen molar-refractivity contribution in [3.63, 3.8) is 0 Å². The van der Waals surface area contributed by atoms with Crippen molar-refractivity contribution in [1.82, 2.24) is 0 Å². The van der Waals surface area contributed by atoms with Gasteiger partial charge in [0.25, 0.3) is 0 Å². The molecule has 0 saturated carbocycles. The molecular weight excluding hydrogens is 207 g/mol. The highest BCUT2D eigenvalue weighted by Crippen LogP contribution is 1.87. The SMILES string of the molecule is C[SiH](C)OCI. The van der Waals surface area contributed by atoms with Gasteiger partial charge in [-0.25, -0.2) is 0 Å². The standard InChI is InChI=1S/C3H9IOSi/c1-6(2)5-3-4/h6H,3H2,1-2H3. The summed E-state index contributed by atoms with van der Waals surface area (Å²) in [7, 11) is -0.678. The van der Waals surface area contributed by atoms with E-state index in [4.69, 9.17) is 4.43 Å². The summed E-state index contributed by atoms with van der Waals surface area (Å²) in [5.74, 6) is 0. The second-order valence-electron chi connectivity index (χ2n) is 1.32. The van der Waals surface area contributed by atoms with E-state index in [1.54, 1.807) is 0 Å². The van der Waals surface area contributed by atoms with Crippen molar-refractivity contribution in [2.75, 3.05) is 4.61 Å². The highest BCUT2D eigenvalue weighted by atomic mass is 127. The number of hydrogen-bond donors (Lipinski definition) is 0. The Bertz CT molecular complexity index is 32.0. The van der Waals surface area contributed by atoms with E-state index < -0.39 is 9.04 Å². The van der Waals surface area contributed by atoms with Crippen LogP contribution in [0.4, 0.5) is 0 Å². The van der Waals surface area contributed by atoms with Gasteiger partial charge in [-0.2, -0.15) is 0 Å². The molecule has 0 aliphatic heterocycles. The Morgan fingerprint density at radius 2 is 2.17 bits per heavy atom. The summed E-state index contributed by atoms with van der Waals surface area (Å²) in [4.78, 5) is 0. The van der Waals surface area contributed by atoms with Crippen LogP contribution in [0, 0.1) is 0 Å². The molecule has 0 aromatic carbocycles. The van der Waals surface area contributed by atoms with Crippen LogP contribution in [0.15, 0.2) is 0 Å². The number of rotatable bonds is 2. The molecule has 3 heteroatoms. The Kier molecular flexibility index (Phi) is 4.69. The molecule has 6 heavy (non-hydrogen) atoms. The lowest BCUT2D eigenvalue weighted by Gasteiger charge is -1.97. The molecule has 0 atom stereocenters. The van der Waals surface area contributed by atoms with E-state index in [9.17, 15) is 0 Å². The Labute approximate surface area is 53.9 Å². The molecule has 0 rings (SSSR count). The van der Waals surface area contributed by atoms with Gasteiger partial charge in [-0.1, -0.05) is 22.6 Å². The molecule has 0 amide bonds. The summed E-state index contributed by atoms with van der Waals surface area (Å²) in [6.07, 6.45) is 0. The second-order valence-corrected chi connectivity index (χ2v) is 4.38. The maximum absolute atomic E-state index is 5.17. The smallest absolute Gasteiger partial charge is 0.171 e. The first-order valence-electron chi connectivity index (χ1n) is 1.95. The zero-order chi connectivity index (χ0) is 4.99. The normalized spacial score (nSPS) is 10.0. The van der Waals surface area contributed by atoms with Gasteiger partial charge in [0.05, 0.1) is 4.61 Å². The Morgan fingerprint density at radius 3 is 2.17 bits per heavy atom. The minimum absolute atomic E-state index is 0.678. The fourth-order valence-corrected chi connectivity index (χ4v) is 2.54. The molecule has 0 aromatic rings. The van der Waals surface area contributed by atoms with E-state index in [2.05, 4.69) is 35.7 Å². The molecule has 38 valence electrons. The van der Waals surface area contributed by atoms with Crippen molar-refractivity contribution in [3.8, 4) is 0 Å². The van der Waals surface area contributed by atoms with Crippen molar-refractivity contribution in [2.24, 2.45) is 0 Å². The molecule has 0 fully saturated rings. The van der Waals surface area contributed by atoms with E-state index in [1.807, 2.05) is 0 Å². The summed E-state index contributed by atoms with van der Waals surface area (Å²) in [6.45, 7) is 4.33. The maximum Gasteiger partial charge on any atom is 0.171 e. The summed E-state index contributed by atoms with van der Waals surface area (Å²) in [5.41, 5.74) is 0. The van der Waals surface area contributed by atoms with Gasteiger partial charge in [0, 0.05) is 0 Å². The van der Waals surface area contributed by atoms with Crippen LogP contribution in [0.1, 0.15) is 0 Å². The Balaban J connectivity index is 2.63. The quantitative estimate of drug-likeness (QED) is 0.385. The van der Waals surface area contributed by atoms with Gasteiger partial charge in [0.1, 0.15) is 0 Å². The van der Waals surface area contributed by atoms with Gasteiger partial charge < -0.3 is 4.43 Å². The van der Waals surface area contributed by atoms with Gasteiger partial charge >= 0.3 is 0 Å². The first kappa shape index (κ1) is 6.91. The average Bonchev–Trinajstić information content (AvgIpc) is 1.35. The van der Waals surface area contributed by atoms with Crippen LogP contribution in [0.25, 0.3) is 0 Å². The van der Waals surface area contributed by atoms with Crippen LogP contribution in [-0.2, 0) is 4.43 Å². The number of halogens is 1. The summed E-state index contributed by atoms with van der Waals surface area (Å²) < 4.78 is 6.03. The molecular formula is C3H9IOSi. The van der Waals surface area contributed by atoms with E-state index >= 15 is 0 Å². The van der Waals surface area contributed by atoms with E-state index in [0.717, 1.165) is 4.61 Å². The van der Waals surface area contributed by atoms with Gasteiger partial charge in [-0.05, 0) is 13.1 Å². The lowest BCUT2D eigenvalue weighted by molar-refractivity contribution is 0.419. The molecule has 0 unspecified atom stereocenters. The minimum atomic E-state index is -0.678. The third-order valence-corrected chi connectivity index (χ3v) is 2.27. The van der Waals surface area contributed by atoms with Crippen LogP contribution in [0.2, 0.25) is 13.1 Å². The molecule has 0 N–H and O–H groups in total. The van der Waals surface area contributed by atoms with Crippen LogP contribution in [0.5, 0.6) is 0 Å². The lowest BCUT2D eigenvalue weighted by Crippen LogP contribution is -2.04. The summed E-state index contributed by atoms with van der Waals surface area (Å²) in [6, 6.07) is 0. The molecule has 0 spiro atoms. The molecule has 1 nitrogen and oxygen atoms in total. The van der Waals surface area contributed by atoms with Crippen molar-refractivity contribution in [2.45, 2.75) is 13.1 Å². The van der Waals surface area contributed by atoms with Gasteiger partial charge in [-0.15, -0.1) is 0 Å². The molecule has 0 bridgehead atoms. The lowest BCUT2D eigenvalue weighted by atomic mass is 11.8. The van der Waals surface area contributed by atoms with Gasteiger partial charge in [0.15, 0.2) is 9.04 Å². The first-order chi connectivity index (χ1) is 2.77. The third kappa shape index (κ3) is 4.91. The second kappa shape index (κ2) is 4.08. The first-order valence-corrected chi connectivity index (χ1v) is 6.25. The molecule has 0 radical (unpaired) electrons. The minimum Gasteiger partial charge on any atom is -0.412 e. The number of hydrogen-bond acceptors (Lipinski definition) is 1. The van der Waals surface area contributed by atoms with E-state index in [0.29, 0.717) is 0 Å². The van der Waals surface area contributed by atoms with Crippen LogP contribution in [0.3, 0.4) is 0 Å². The van der Waals surface area contributed by atoms with Crippen molar-refractivity contribution in [1.29, 1.82) is 0 Å². The topological polar surface area (TPSA) is 9.23 Å².